The van der Waals surface area contributed by atoms with Gasteiger partial charge in [-0.3, -0.25) is 10.1 Å². The summed E-state index contributed by atoms with van der Waals surface area (Å²) in [6.07, 6.45) is 0.427. The molecule has 0 fully saturated rings. The molecule has 0 aromatic carbocycles. The van der Waals surface area contributed by atoms with Crippen LogP contribution < -0.4 is 5.32 Å². The minimum absolute atomic E-state index is 0.209. The molecule has 1 heterocycles. The molecule has 0 radical (unpaired) electrons. The van der Waals surface area contributed by atoms with Crippen molar-refractivity contribution >= 4 is 17.3 Å². The van der Waals surface area contributed by atoms with Gasteiger partial charge < -0.3 is 5.11 Å². The van der Waals surface area contributed by atoms with Gasteiger partial charge in [-0.1, -0.05) is 0 Å². The largest absolute Gasteiger partial charge is 0.480 e. The van der Waals surface area contributed by atoms with Gasteiger partial charge in [-0.2, -0.15) is 0 Å². The maximum Gasteiger partial charge on any atom is 0.321 e. The van der Waals surface area contributed by atoms with Gasteiger partial charge in [-0.05, 0) is 20.8 Å². The van der Waals surface area contributed by atoms with E-state index in [0.29, 0.717) is 6.42 Å². The van der Waals surface area contributed by atoms with Gasteiger partial charge in [0.1, 0.15) is 6.04 Å². The fourth-order valence-corrected chi connectivity index (χ4v) is 1.84. The van der Waals surface area contributed by atoms with Crippen LogP contribution in [0.5, 0.6) is 0 Å². The number of aromatic nitrogens is 1. The molecule has 0 aliphatic rings. The van der Waals surface area contributed by atoms with Crippen LogP contribution in [0.4, 0.5) is 0 Å². The van der Waals surface area contributed by atoms with Crippen LogP contribution in [-0.2, 0) is 11.2 Å². The lowest BCUT2D eigenvalue weighted by Gasteiger charge is -2.25. The molecule has 84 valence electrons. The Labute approximate surface area is 93.4 Å². The van der Waals surface area contributed by atoms with Gasteiger partial charge >= 0.3 is 5.97 Å². The number of aliphatic carboxylic acids is 1. The minimum Gasteiger partial charge on any atom is -0.480 e. The molecule has 1 aromatic rings. The number of hydrogen-bond donors (Lipinski definition) is 2. The van der Waals surface area contributed by atoms with Gasteiger partial charge in [0.25, 0.3) is 0 Å². The number of rotatable bonds is 4. The first kappa shape index (κ1) is 12.1. The molecule has 0 saturated carbocycles. The van der Waals surface area contributed by atoms with Crippen molar-refractivity contribution in [3.05, 3.63) is 16.6 Å². The van der Waals surface area contributed by atoms with E-state index >= 15 is 0 Å². The van der Waals surface area contributed by atoms with Crippen LogP contribution in [0.3, 0.4) is 0 Å². The average Bonchev–Trinajstić information content (AvgIpc) is 2.52. The molecule has 0 bridgehead atoms. The van der Waals surface area contributed by atoms with Crippen LogP contribution in [0.15, 0.2) is 10.9 Å². The molecule has 1 aromatic heterocycles. The molecule has 2 N–H and O–H groups in total. The van der Waals surface area contributed by atoms with Crippen molar-refractivity contribution in [1.29, 1.82) is 0 Å². The van der Waals surface area contributed by atoms with Crippen LogP contribution in [0, 0.1) is 0 Å². The standard InChI is InChI=1S/C10H16N2O2S/c1-10(2,3)12-8(9(13)14)4-7-5-15-6-11-7/h5-6,8,12H,4H2,1-3H3,(H,13,14). The number of carboxylic acid groups (broad SMARTS) is 1. The van der Waals surface area contributed by atoms with E-state index in [1.54, 1.807) is 5.51 Å². The first-order valence-corrected chi connectivity index (χ1v) is 5.70. The second-order valence-electron chi connectivity index (χ2n) is 4.47. The summed E-state index contributed by atoms with van der Waals surface area (Å²) in [5, 5.41) is 14.0. The Morgan fingerprint density at radius 3 is 2.73 bits per heavy atom. The predicted octanol–water partition coefficient (Wildman–Crippen LogP) is 1.53. The monoisotopic (exact) mass is 228 g/mol. The fourth-order valence-electron chi connectivity index (χ4n) is 1.27. The fraction of sp³-hybridized carbons (Fsp3) is 0.600. The molecule has 0 aliphatic carbocycles. The first-order chi connectivity index (χ1) is 6.88. The number of carboxylic acids is 1. The van der Waals surface area contributed by atoms with Crippen LogP contribution in [0.25, 0.3) is 0 Å². The molecule has 15 heavy (non-hydrogen) atoms. The zero-order valence-corrected chi connectivity index (χ0v) is 9.97. The zero-order valence-electron chi connectivity index (χ0n) is 9.15. The van der Waals surface area contributed by atoms with Crippen molar-refractivity contribution in [3.63, 3.8) is 0 Å². The summed E-state index contributed by atoms with van der Waals surface area (Å²) in [6.45, 7) is 5.85. The van der Waals surface area contributed by atoms with Crippen LogP contribution >= 0.6 is 11.3 Å². The van der Waals surface area contributed by atoms with Crippen molar-refractivity contribution < 1.29 is 9.90 Å². The van der Waals surface area contributed by atoms with Gasteiger partial charge in [0.2, 0.25) is 0 Å². The van der Waals surface area contributed by atoms with Gasteiger partial charge in [0.15, 0.2) is 0 Å². The van der Waals surface area contributed by atoms with Gasteiger partial charge in [-0.15, -0.1) is 11.3 Å². The number of thiazole rings is 1. The van der Waals surface area contributed by atoms with Gasteiger partial charge in [-0.25, -0.2) is 4.98 Å². The summed E-state index contributed by atoms with van der Waals surface area (Å²) in [4.78, 5) is 15.1. The smallest absolute Gasteiger partial charge is 0.321 e. The Morgan fingerprint density at radius 1 is 1.67 bits per heavy atom. The highest BCUT2D eigenvalue weighted by molar-refractivity contribution is 7.07. The van der Waals surface area contributed by atoms with E-state index in [-0.39, 0.29) is 5.54 Å². The predicted molar refractivity (Wildman–Crippen MR) is 60.1 cm³/mol. The molecule has 4 nitrogen and oxygen atoms in total. The summed E-state index contributed by atoms with van der Waals surface area (Å²) >= 11 is 1.48. The normalized spacial score (nSPS) is 13.8. The molecule has 5 heteroatoms. The third-order valence-corrected chi connectivity index (χ3v) is 2.44. The van der Waals surface area contributed by atoms with Gasteiger partial charge in [0, 0.05) is 17.3 Å². The molecular formula is C10H16N2O2S. The van der Waals surface area contributed by atoms with E-state index in [0.717, 1.165) is 5.69 Å². The van der Waals surface area contributed by atoms with E-state index in [9.17, 15) is 4.79 Å². The lowest BCUT2D eigenvalue weighted by molar-refractivity contribution is -0.140. The van der Waals surface area contributed by atoms with Crippen LogP contribution in [-0.4, -0.2) is 27.6 Å². The van der Waals surface area contributed by atoms with E-state index < -0.39 is 12.0 Å². The SMILES string of the molecule is CC(C)(C)NC(Cc1cscn1)C(=O)O. The number of hydrogen-bond acceptors (Lipinski definition) is 4. The highest BCUT2D eigenvalue weighted by atomic mass is 32.1. The summed E-state index contributed by atoms with van der Waals surface area (Å²) in [6, 6.07) is -0.577. The van der Waals surface area contributed by atoms with Crippen molar-refractivity contribution in [2.45, 2.75) is 38.8 Å². The Kier molecular flexibility index (Phi) is 3.82. The van der Waals surface area contributed by atoms with Crippen molar-refractivity contribution in [2.75, 3.05) is 0 Å². The van der Waals surface area contributed by atoms with Crippen LogP contribution in [0.2, 0.25) is 0 Å². The molecule has 1 rings (SSSR count). The summed E-state index contributed by atoms with van der Waals surface area (Å²) < 4.78 is 0. The summed E-state index contributed by atoms with van der Waals surface area (Å²) in [5.41, 5.74) is 2.33. The molecule has 1 unspecified atom stereocenters. The van der Waals surface area contributed by atoms with E-state index in [2.05, 4.69) is 10.3 Å². The highest BCUT2D eigenvalue weighted by Crippen LogP contribution is 2.08. The zero-order chi connectivity index (χ0) is 11.5. The van der Waals surface area contributed by atoms with Crippen molar-refractivity contribution in [3.8, 4) is 0 Å². The quantitative estimate of drug-likeness (QED) is 0.820. The van der Waals surface area contributed by atoms with E-state index in [4.69, 9.17) is 5.11 Å². The second-order valence-corrected chi connectivity index (χ2v) is 5.19. The molecule has 0 saturated heterocycles. The molecular weight excluding hydrogens is 212 g/mol. The summed E-state index contributed by atoms with van der Waals surface area (Å²) in [5.74, 6) is -0.835. The molecule has 0 aliphatic heterocycles. The molecule has 0 spiro atoms. The Balaban J connectivity index is 2.63. The minimum atomic E-state index is -0.835. The van der Waals surface area contributed by atoms with Crippen molar-refractivity contribution in [2.24, 2.45) is 0 Å². The Morgan fingerprint density at radius 2 is 2.33 bits per heavy atom. The Bertz CT molecular complexity index is 317. The highest BCUT2D eigenvalue weighted by Gasteiger charge is 2.23. The topological polar surface area (TPSA) is 62.2 Å². The Hall–Kier alpha value is -0.940. The number of nitrogens with one attached hydrogen (secondary N) is 1. The maximum absolute atomic E-state index is 11.0. The third-order valence-electron chi connectivity index (χ3n) is 1.80. The van der Waals surface area contributed by atoms with E-state index in [1.165, 1.54) is 11.3 Å². The maximum atomic E-state index is 11.0. The van der Waals surface area contributed by atoms with Gasteiger partial charge in [0.05, 0.1) is 11.2 Å². The first-order valence-electron chi connectivity index (χ1n) is 4.76. The molecule has 1 atom stereocenters. The number of carbonyl (C=O) groups is 1. The van der Waals surface area contributed by atoms with E-state index in [1.807, 2.05) is 26.2 Å². The van der Waals surface area contributed by atoms with Crippen molar-refractivity contribution in [1.82, 2.24) is 10.3 Å². The lowest BCUT2D eigenvalue weighted by Crippen LogP contribution is -2.48. The number of nitrogens with zero attached hydrogens (tertiary/aromatic N) is 1. The average molecular weight is 228 g/mol. The lowest BCUT2D eigenvalue weighted by atomic mass is 10.0. The third kappa shape index (κ3) is 4.40. The summed E-state index contributed by atoms with van der Waals surface area (Å²) in [7, 11) is 0. The molecule has 0 amide bonds. The van der Waals surface area contributed by atoms with Crippen LogP contribution in [0.1, 0.15) is 26.5 Å². The second kappa shape index (κ2) is 4.72.